The Bertz CT molecular complexity index is 728. The summed E-state index contributed by atoms with van der Waals surface area (Å²) in [6.45, 7) is 10.4. The third-order valence-electron chi connectivity index (χ3n) is 5.19. The minimum absolute atomic E-state index is 0.181. The molecule has 0 N–H and O–H groups in total. The highest BCUT2D eigenvalue weighted by Gasteiger charge is 1.99. The molecule has 0 saturated carbocycles. The van der Waals surface area contributed by atoms with E-state index in [4.69, 9.17) is 47.4 Å². The smallest absolute Gasteiger partial charge is 0.330 e. The first-order chi connectivity index (χ1) is 20.3. The average molecular weight is 587 g/mol. The first-order valence-electron chi connectivity index (χ1n) is 14.4. The van der Waals surface area contributed by atoms with E-state index in [2.05, 4.69) is 6.92 Å². The van der Waals surface area contributed by atoms with Crippen molar-refractivity contribution in [2.24, 2.45) is 0 Å². The molecule has 236 valence electrons. The molecule has 0 atom stereocenters. The summed E-state index contributed by atoms with van der Waals surface area (Å²) in [4.78, 5) is 11.8. The van der Waals surface area contributed by atoms with Crippen molar-refractivity contribution in [3.8, 4) is 5.75 Å². The van der Waals surface area contributed by atoms with Gasteiger partial charge in [0.1, 0.15) is 12.4 Å². The van der Waals surface area contributed by atoms with Crippen molar-refractivity contribution in [1.82, 2.24) is 0 Å². The van der Waals surface area contributed by atoms with Gasteiger partial charge in [-0.1, -0.05) is 25.5 Å². The summed E-state index contributed by atoms with van der Waals surface area (Å²) in [6, 6.07) is 7.57. The Morgan fingerprint density at radius 2 is 1.00 bits per heavy atom. The van der Waals surface area contributed by atoms with E-state index in [-0.39, 0.29) is 6.61 Å². The first kappa shape index (κ1) is 36.9. The van der Waals surface area contributed by atoms with Gasteiger partial charge in [-0.05, 0) is 30.2 Å². The summed E-state index contributed by atoms with van der Waals surface area (Å²) in [5.41, 5.74) is 0.897. The molecule has 0 heterocycles. The van der Waals surface area contributed by atoms with Crippen LogP contribution in [0.1, 0.15) is 25.3 Å². The lowest BCUT2D eigenvalue weighted by Crippen LogP contribution is -2.15. The summed E-state index contributed by atoms with van der Waals surface area (Å²) < 4.78 is 53.5. The zero-order valence-corrected chi connectivity index (χ0v) is 24.9. The van der Waals surface area contributed by atoms with Crippen molar-refractivity contribution < 1.29 is 52.2 Å². The van der Waals surface area contributed by atoms with E-state index in [1.54, 1.807) is 13.2 Å². The molecule has 1 rings (SSSR count). The molecule has 0 saturated heterocycles. The summed E-state index contributed by atoms with van der Waals surface area (Å²) >= 11 is 0. The molecule has 0 aliphatic rings. The maximum Gasteiger partial charge on any atom is 0.330 e. The van der Waals surface area contributed by atoms with Gasteiger partial charge in [0.25, 0.3) is 0 Å². The summed E-state index contributed by atoms with van der Waals surface area (Å²) in [7, 11) is 1.64. The Morgan fingerprint density at radius 3 is 1.41 bits per heavy atom. The molecule has 0 aliphatic heterocycles. The van der Waals surface area contributed by atoms with Crippen LogP contribution in [-0.4, -0.2) is 125 Å². The van der Waals surface area contributed by atoms with Crippen LogP contribution in [0.3, 0.4) is 0 Å². The van der Waals surface area contributed by atoms with Crippen LogP contribution in [-0.2, 0) is 47.4 Å². The number of hydrogen-bond acceptors (Lipinski definition) is 11. The van der Waals surface area contributed by atoms with Crippen molar-refractivity contribution in [2.45, 2.75) is 19.8 Å². The van der Waals surface area contributed by atoms with Gasteiger partial charge in [0.05, 0.1) is 106 Å². The molecule has 1 aromatic carbocycles. The predicted molar refractivity (Wildman–Crippen MR) is 154 cm³/mol. The molecule has 11 nitrogen and oxygen atoms in total. The van der Waals surface area contributed by atoms with Crippen molar-refractivity contribution in [3.05, 3.63) is 35.9 Å². The fourth-order valence-corrected chi connectivity index (χ4v) is 2.99. The van der Waals surface area contributed by atoms with Crippen LogP contribution in [0.25, 0.3) is 6.08 Å². The molecule has 0 bridgehead atoms. The van der Waals surface area contributed by atoms with Gasteiger partial charge in [0, 0.05) is 13.2 Å². The molecule has 0 unspecified atom stereocenters. The SMILES string of the molecule is CCCCOc1ccc(/C=C/C(=O)OCCOCCOCCOCCOCCOCCOCCOCCOC)cc1. The Morgan fingerprint density at radius 1 is 0.585 bits per heavy atom. The number of rotatable bonds is 30. The molecule has 0 spiro atoms. The Hall–Kier alpha value is -2.09. The van der Waals surface area contributed by atoms with Crippen LogP contribution in [0.15, 0.2) is 30.3 Å². The van der Waals surface area contributed by atoms with Crippen LogP contribution in [0, 0.1) is 0 Å². The van der Waals surface area contributed by atoms with Crippen molar-refractivity contribution in [2.75, 3.05) is 119 Å². The van der Waals surface area contributed by atoms with E-state index in [0.29, 0.717) is 106 Å². The number of benzene rings is 1. The summed E-state index contributed by atoms with van der Waals surface area (Å²) in [6.07, 6.45) is 5.23. The van der Waals surface area contributed by atoms with Gasteiger partial charge in [-0.2, -0.15) is 0 Å². The van der Waals surface area contributed by atoms with Crippen LogP contribution < -0.4 is 4.74 Å². The normalized spacial score (nSPS) is 11.4. The number of esters is 1. The van der Waals surface area contributed by atoms with Crippen LogP contribution >= 0.6 is 0 Å². The number of carbonyl (C=O) groups is 1. The van der Waals surface area contributed by atoms with Gasteiger partial charge < -0.3 is 47.4 Å². The quantitative estimate of drug-likeness (QED) is 0.0753. The van der Waals surface area contributed by atoms with E-state index < -0.39 is 5.97 Å². The summed E-state index contributed by atoms with van der Waals surface area (Å²) in [5.74, 6) is 0.410. The molecule has 1 aromatic rings. The highest BCUT2D eigenvalue weighted by atomic mass is 16.6. The molecule has 0 fully saturated rings. The topological polar surface area (TPSA) is 109 Å². The van der Waals surface area contributed by atoms with Gasteiger partial charge in [-0.3, -0.25) is 0 Å². The van der Waals surface area contributed by atoms with Crippen molar-refractivity contribution >= 4 is 12.0 Å². The third-order valence-corrected chi connectivity index (χ3v) is 5.19. The number of ether oxygens (including phenoxy) is 10. The van der Waals surface area contributed by atoms with Crippen LogP contribution in [0.4, 0.5) is 0 Å². The largest absolute Gasteiger partial charge is 0.494 e. The average Bonchev–Trinajstić information content (AvgIpc) is 2.99. The zero-order chi connectivity index (χ0) is 29.5. The molecule has 11 heteroatoms. The lowest BCUT2D eigenvalue weighted by atomic mass is 10.2. The Balaban J connectivity index is 1.79. The molecule has 0 aliphatic carbocycles. The number of unbranched alkanes of at least 4 members (excludes halogenated alkanes) is 1. The predicted octanol–water partition coefficient (Wildman–Crippen LogP) is 3.18. The van der Waals surface area contributed by atoms with E-state index in [1.165, 1.54) is 6.08 Å². The van der Waals surface area contributed by atoms with Gasteiger partial charge in [0.2, 0.25) is 0 Å². The van der Waals surface area contributed by atoms with Crippen LogP contribution in [0.5, 0.6) is 5.75 Å². The lowest BCUT2D eigenvalue weighted by Gasteiger charge is -2.08. The maximum absolute atomic E-state index is 11.8. The third kappa shape index (κ3) is 25.4. The van der Waals surface area contributed by atoms with Crippen molar-refractivity contribution in [3.63, 3.8) is 0 Å². The lowest BCUT2D eigenvalue weighted by molar-refractivity contribution is -0.139. The molecule has 0 radical (unpaired) electrons. The first-order valence-corrected chi connectivity index (χ1v) is 14.4. The number of hydrogen-bond donors (Lipinski definition) is 0. The Labute approximate surface area is 245 Å². The van der Waals surface area contributed by atoms with E-state index in [0.717, 1.165) is 24.2 Å². The molecule has 0 aromatic heterocycles. The van der Waals surface area contributed by atoms with E-state index in [1.807, 2.05) is 24.3 Å². The fraction of sp³-hybridized carbons (Fsp3) is 0.700. The van der Waals surface area contributed by atoms with Crippen LogP contribution in [0.2, 0.25) is 0 Å². The monoisotopic (exact) mass is 586 g/mol. The second-order valence-electron chi connectivity index (χ2n) is 8.55. The Kier molecular flexibility index (Phi) is 26.5. The van der Waals surface area contributed by atoms with Gasteiger partial charge in [-0.25, -0.2) is 4.79 Å². The summed E-state index contributed by atoms with van der Waals surface area (Å²) in [5, 5.41) is 0. The van der Waals surface area contributed by atoms with Crippen molar-refractivity contribution in [1.29, 1.82) is 0 Å². The zero-order valence-electron chi connectivity index (χ0n) is 24.9. The van der Waals surface area contributed by atoms with Gasteiger partial charge in [0.15, 0.2) is 0 Å². The highest BCUT2D eigenvalue weighted by Crippen LogP contribution is 2.13. The van der Waals surface area contributed by atoms with Gasteiger partial charge in [-0.15, -0.1) is 0 Å². The minimum Gasteiger partial charge on any atom is -0.494 e. The van der Waals surface area contributed by atoms with E-state index in [9.17, 15) is 4.79 Å². The maximum atomic E-state index is 11.8. The molecular formula is C30H50O11. The standard InChI is InChI=1S/C30H50O11/c1-3-4-11-40-29-8-5-28(6-9-29)7-10-30(31)41-27-26-39-25-24-38-23-22-37-21-20-36-19-18-35-17-16-34-15-14-33-13-12-32-2/h5-10H,3-4,11-27H2,1-2H3/b10-7+. The number of carbonyl (C=O) groups excluding carboxylic acids is 1. The van der Waals surface area contributed by atoms with Gasteiger partial charge >= 0.3 is 5.97 Å². The second-order valence-corrected chi connectivity index (χ2v) is 8.55. The minimum atomic E-state index is -0.414. The molecule has 41 heavy (non-hydrogen) atoms. The second kappa shape index (κ2) is 29.4. The highest BCUT2D eigenvalue weighted by molar-refractivity contribution is 5.87. The number of methoxy groups -OCH3 is 1. The molecule has 0 amide bonds. The fourth-order valence-electron chi connectivity index (χ4n) is 2.99. The molecular weight excluding hydrogens is 536 g/mol. The van der Waals surface area contributed by atoms with E-state index >= 15 is 0 Å².